The molecule has 2 radical (unpaired) electrons. The number of pyridine rings is 1. The van der Waals surface area contributed by atoms with Crippen LogP contribution in [0.2, 0.25) is 0 Å². The molecule has 13 rings (SSSR count). The van der Waals surface area contributed by atoms with Crippen LogP contribution in [0.4, 0.5) is 22.7 Å². The zero-order valence-corrected chi connectivity index (χ0v) is 51.3. The van der Waals surface area contributed by atoms with Gasteiger partial charge in [-0.3, -0.25) is 4.57 Å². The van der Waals surface area contributed by atoms with E-state index in [0.717, 1.165) is 89.0 Å². The number of para-hydroxylation sites is 2. The molecule has 0 bridgehead atoms. The minimum Gasteiger partial charge on any atom is -0.457 e. The predicted octanol–water partition coefficient (Wildman–Crippen LogP) is 19.2. The lowest BCUT2D eigenvalue weighted by Gasteiger charge is -2.32. The quantitative estimate of drug-likeness (QED) is 0.126. The third kappa shape index (κ3) is 11.8. The molecule has 0 unspecified atom stereocenters. The van der Waals surface area contributed by atoms with Gasteiger partial charge in [-0.1, -0.05) is 186 Å². The molecule has 0 atom stereocenters. The fourth-order valence-corrected chi connectivity index (χ4v) is 12.2. The Labute approximate surface area is 533 Å². The van der Waals surface area contributed by atoms with Crippen LogP contribution >= 0.6 is 0 Å². The molecule has 0 saturated heterocycles. The van der Waals surface area contributed by atoms with Crippen molar-refractivity contribution in [3.05, 3.63) is 325 Å². The maximum absolute atomic E-state index is 9.38. The lowest BCUT2D eigenvalue weighted by Crippen LogP contribution is -2.26. The zero-order valence-electron chi connectivity index (χ0n) is 56.3. The minimum atomic E-state index is -0.535. The first kappa shape index (κ1) is 51.9. The number of rotatable bonds is 11. The predicted molar refractivity (Wildman–Crippen MR) is 377 cm³/mol. The van der Waals surface area contributed by atoms with Gasteiger partial charge in [0.25, 0.3) is 0 Å². The molecule has 7 nitrogen and oxygen atoms in total. The van der Waals surface area contributed by atoms with Crippen molar-refractivity contribution in [2.24, 2.45) is 0 Å². The number of fused-ring (bicyclic) bond motifs is 4. The highest BCUT2D eigenvalue weighted by atomic mass is 16.5. The van der Waals surface area contributed by atoms with Crippen LogP contribution in [0.15, 0.2) is 286 Å². The summed E-state index contributed by atoms with van der Waals surface area (Å²) < 4.78 is 54.6. The Morgan fingerprint density at radius 3 is 1.72 bits per heavy atom. The first-order chi connectivity index (χ1) is 45.4. The van der Waals surface area contributed by atoms with Crippen molar-refractivity contribution in [1.29, 1.82) is 0 Å². The van der Waals surface area contributed by atoms with E-state index in [1.165, 1.54) is 5.56 Å². The van der Waals surface area contributed by atoms with Crippen molar-refractivity contribution >= 4 is 70.1 Å². The van der Waals surface area contributed by atoms with Gasteiger partial charge in [0.2, 0.25) is 0 Å². The normalized spacial score (nSPS) is 18.5. The van der Waals surface area contributed by atoms with E-state index >= 15 is 0 Å². The first-order valence-electron chi connectivity index (χ1n) is 32.9. The average molecular weight is 1160 g/mol. The number of nitrogens with one attached hydrogen (secondary N) is 2. The third-order valence-electron chi connectivity index (χ3n) is 17.0. The molecule has 2 N–H and O–H groups in total. The highest BCUT2D eigenvalue weighted by Crippen LogP contribution is 2.51. The number of hydrogen-bond donors (Lipinski definition) is 2. The Morgan fingerprint density at radius 2 is 1.09 bits per heavy atom. The molecule has 0 fully saturated rings. The van der Waals surface area contributed by atoms with E-state index < -0.39 is 23.5 Å². The van der Waals surface area contributed by atoms with Gasteiger partial charge >= 0.3 is 0 Å². The van der Waals surface area contributed by atoms with Crippen molar-refractivity contribution in [3.63, 3.8) is 0 Å². The maximum atomic E-state index is 9.38. The molecule has 10 aromatic rings. The van der Waals surface area contributed by atoms with E-state index in [9.17, 15) is 2.74 Å². The summed E-state index contributed by atoms with van der Waals surface area (Å²) in [6.07, 6.45) is 25.8. The van der Waals surface area contributed by atoms with E-state index in [4.69, 9.17) is 13.8 Å². The fraction of sp³-hybridized carbons (Fsp3) is 0.138. The second kappa shape index (κ2) is 24.5. The van der Waals surface area contributed by atoms with E-state index in [-0.39, 0.29) is 28.5 Å². The standard InChI is InChI=1S/C80H72B2N6O/c1-78(2,3)60-35-38-72-67(49-60)66-37-36-64(54-75(66)88(72)76-52-61(39-46-85-76)80(7,58-27-13-9-14-28-58)59-29-15-10-16-30-59)89-65-48-57(56-25-11-8-12-26-56)47-63(53-65)86-55-87(74-34-18-17-33-73(74)86)77-68(70-31-23-44-83-42-21-19-40-81-70)50-62(79(4,5)6)51-69(77)71-32-24-45-84-43-22-20-41-82-71/h8-54,83-84H,55H2,1-7H3/b40-19-,41-20-,42-21-,43-22-,44-23-,45-24-,70-31-,71-32-/i8D,11D,12D,25D,26D. The summed E-state index contributed by atoms with van der Waals surface area (Å²) in [5, 5.41) is 8.61. The highest BCUT2D eigenvalue weighted by molar-refractivity contribution is 6.67. The number of nitrogens with zero attached hydrogens (tertiary/aromatic N) is 4. The van der Waals surface area contributed by atoms with Crippen molar-refractivity contribution in [2.45, 2.75) is 64.7 Å². The second-order valence-corrected chi connectivity index (χ2v) is 24.8. The molecule has 0 saturated carbocycles. The number of anilines is 4. The van der Waals surface area contributed by atoms with Crippen LogP contribution in [0.5, 0.6) is 11.5 Å². The Morgan fingerprint density at radius 1 is 0.483 bits per heavy atom. The minimum absolute atomic E-state index is 0.0615. The number of benzene rings is 8. The second-order valence-electron chi connectivity index (χ2n) is 24.8. The summed E-state index contributed by atoms with van der Waals surface area (Å²) >= 11 is 0. The number of allylic oxidation sites excluding steroid dienone is 8. The van der Waals surface area contributed by atoms with Crippen molar-refractivity contribution < 1.29 is 11.6 Å². The van der Waals surface area contributed by atoms with Gasteiger partial charge in [-0.2, -0.15) is 0 Å². The van der Waals surface area contributed by atoms with Gasteiger partial charge in [0.05, 0.1) is 34.9 Å². The molecule has 434 valence electrons. The molecule has 0 spiro atoms. The smallest absolute Gasteiger partial charge is 0.182 e. The molecule has 8 aromatic carbocycles. The summed E-state index contributed by atoms with van der Waals surface area (Å²) in [4.78, 5) is 9.75. The molecular weight excluding hydrogens is 1080 g/mol. The molecule has 3 aliphatic rings. The Balaban J connectivity index is 0.997. The summed E-state index contributed by atoms with van der Waals surface area (Å²) in [6, 6.07) is 55.2. The van der Waals surface area contributed by atoms with E-state index in [0.29, 0.717) is 29.4 Å². The van der Waals surface area contributed by atoms with Gasteiger partial charge in [0.1, 0.15) is 24.0 Å². The fourth-order valence-electron chi connectivity index (χ4n) is 12.2. The number of hydrogen-bond acceptors (Lipinski definition) is 6. The van der Waals surface area contributed by atoms with Gasteiger partial charge in [0.15, 0.2) is 14.6 Å². The zero-order chi connectivity index (χ0) is 65.5. The molecule has 9 heteroatoms. The summed E-state index contributed by atoms with van der Waals surface area (Å²) in [5.74, 6) is 5.79. The monoisotopic (exact) mass is 1160 g/mol. The molecule has 3 aliphatic heterocycles. The lowest BCUT2D eigenvalue weighted by atomic mass is 9.62. The van der Waals surface area contributed by atoms with Crippen LogP contribution < -0.4 is 25.2 Å². The van der Waals surface area contributed by atoms with Gasteiger partial charge < -0.3 is 25.2 Å². The molecule has 89 heavy (non-hydrogen) atoms. The molecule has 5 heterocycles. The average Bonchev–Trinajstić information content (AvgIpc) is 1.53. The van der Waals surface area contributed by atoms with Gasteiger partial charge in [0, 0.05) is 65.0 Å². The SMILES string of the molecule is [2H]c1c([2H])c([2H])c(-c2cc(Oc3ccc4c5cc(C(C)(C)C)ccc5n(-c5cc(C(C)(c6ccccc6)c6ccccc6)ccn5)c4c3)cc(N3CN(c4c(/C5=C/C=C\N/C=C\C=C/[B]5)cc(C(C)(C)C)cc4/C4=C/C=C\N/C=C\C=C/[B]4)c4ccccc43)c2)c([2H])c1[2H]. The first-order valence-corrected chi connectivity index (χ1v) is 30.4. The number of aromatic nitrogens is 2. The summed E-state index contributed by atoms with van der Waals surface area (Å²) in [6.45, 7) is 16.0. The Bertz CT molecular complexity index is 4720. The van der Waals surface area contributed by atoms with Crippen LogP contribution in [0.25, 0.3) is 49.7 Å². The molecular formula is C80H72B2N6O. The summed E-state index contributed by atoms with van der Waals surface area (Å²) in [5.41, 5.74) is 14.6. The van der Waals surface area contributed by atoms with E-state index in [2.05, 4.69) is 246 Å². The van der Waals surface area contributed by atoms with E-state index in [1.807, 2.05) is 91.7 Å². The Hall–Kier alpha value is -10.2. The highest BCUT2D eigenvalue weighted by Gasteiger charge is 2.35. The van der Waals surface area contributed by atoms with Crippen molar-refractivity contribution in [3.8, 4) is 28.4 Å². The van der Waals surface area contributed by atoms with Crippen LogP contribution in [-0.2, 0) is 16.2 Å². The van der Waals surface area contributed by atoms with Crippen LogP contribution in [-0.4, -0.2) is 30.8 Å². The van der Waals surface area contributed by atoms with Crippen molar-refractivity contribution in [1.82, 2.24) is 20.2 Å². The van der Waals surface area contributed by atoms with Crippen LogP contribution in [0.1, 0.15) is 94.3 Å². The maximum Gasteiger partial charge on any atom is 0.182 e. The van der Waals surface area contributed by atoms with Gasteiger partial charge in [-0.25, -0.2) is 4.98 Å². The largest absolute Gasteiger partial charge is 0.457 e. The number of ether oxygens (including phenoxy) is 1. The van der Waals surface area contributed by atoms with Gasteiger partial charge in [-0.05, 0) is 165 Å². The van der Waals surface area contributed by atoms with Crippen molar-refractivity contribution in [2.75, 3.05) is 16.5 Å². The molecule has 2 aromatic heterocycles. The summed E-state index contributed by atoms with van der Waals surface area (Å²) in [7, 11) is 4.31. The van der Waals surface area contributed by atoms with Crippen LogP contribution in [0.3, 0.4) is 0 Å². The molecule has 0 amide bonds. The molecule has 0 aliphatic carbocycles. The lowest BCUT2D eigenvalue weighted by molar-refractivity contribution is 0.483. The topological polar surface area (TPSA) is 57.6 Å². The van der Waals surface area contributed by atoms with E-state index in [1.54, 1.807) is 6.07 Å². The third-order valence-corrected chi connectivity index (χ3v) is 17.0. The Kier molecular flexibility index (Phi) is 14.3. The van der Waals surface area contributed by atoms with Gasteiger partial charge in [-0.15, -0.1) is 12.0 Å². The van der Waals surface area contributed by atoms with Crippen LogP contribution in [0, 0.1) is 0 Å².